The number of aliphatic carboxylic acids is 1. The third kappa shape index (κ3) is 6.26. The summed E-state index contributed by atoms with van der Waals surface area (Å²) in [5.74, 6) is -0.833. The van der Waals surface area contributed by atoms with Gasteiger partial charge in [-0.3, -0.25) is 9.59 Å². The number of hydrogen-bond donors (Lipinski definition) is 1. The molecular formula is C11H15NO3. The van der Waals surface area contributed by atoms with Gasteiger partial charge in [0.25, 0.3) is 5.97 Å². The van der Waals surface area contributed by atoms with Crippen LogP contribution in [0.1, 0.15) is 17.3 Å². The zero-order valence-corrected chi connectivity index (χ0v) is 9.10. The molecule has 0 aliphatic heterocycles. The number of carbonyl (C=O) groups excluding carboxylic acids is 1. The number of benzene rings is 1. The van der Waals surface area contributed by atoms with Gasteiger partial charge in [-0.05, 0) is 24.3 Å². The van der Waals surface area contributed by atoms with Crippen molar-refractivity contribution in [1.82, 2.24) is 0 Å². The molecule has 0 unspecified atom stereocenters. The number of aldehydes is 1. The second-order valence-electron chi connectivity index (χ2n) is 3.12. The van der Waals surface area contributed by atoms with Gasteiger partial charge in [0.1, 0.15) is 6.29 Å². The summed E-state index contributed by atoms with van der Waals surface area (Å²) in [7, 11) is 3.94. The molecule has 0 atom stereocenters. The summed E-state index contributed by atoms with van der Waals surface area (Å²) < 4.78 is 0. The highest BCUT2D eigenvalue weighted by molar-refractivity contribution is 5.75. The molecule has 0 bridgehead atoms. The first kappa shape index (κ1) is 13.2. The normalized spacial score (nSPS) is 8.47. The number of anilines is 1. The molecule has 1 rings (SSSR count). The van der Waals surface area contributed by atoms with Crippen molar-refractivity contribution >= 4 is 17.9 Å². The van der Waals surface area contributed by atoms with Crippen molar-refractivity contribution in [1.29, 1.82) is 0 Å². The Hall–Kier alpha value is -1.84. The maximum atomic E-state index is 10.3. The summed E-state index contributed by atoms with van der Waals surface area (Å²) in [4.78, 5) is 21.3. The van der Waals surface area contributed by atoms with Crippen LogP contribution in [0.2, 0.25) is 0 Å². The van der Waals surface area contributed by atoms with E-state index in [1.807, 2.05) is 43.3 Å². The molecule has 1 aromatic rings. The van der Waals surface area contributed by atoms with E-state index in [0.717, 1.165) is 24.5 Å². The maximum absolute atomic E-state index is 10.3. The predicted molar refractivity (Wildman–Crippen MR) is 59.5 cm³/mol. The third-order valence-electron chi connectivity index (χ3n) is 1.55. The zero-order chi connectivity index (χ0) is 11.8. The molecule has 0 saturated carbocycles. The fraction of sp³-hybridized carbons (Fsp3) is 0.273. The molecule has 15 heavy (non-hydrogen) atoms. The quantitative estimate of drug-likeness (QED) is 0.752. The highest BCUT2D eigenvalue weighted by Gasteiger charge is 1.93. The summed E-state index contributed by atoms with van der Waals surface area (Å²) in [5, 5.41) is 7.42. The van der Waals surface area contributed by atoms with E-state index in [4.69, 9.17) is 9.90 Å². The summed E-state index contributed by atoms with van der Waals surface area (Å²) >= 11 is 0. The van der Waals surface area contributed by atoms with Crippen molar-refractivity contribution < 1.29 is 14.7 Å². The van der Waals surface area contributed by atoms with Crippen LogP contribution >= 0.6 is 0 Å². The summed E-state index contributed by atoms with van der Waals surface area (Å²) in [6, 6.07) is 7.46. The maximum Gasteiger partial charge on any atom is 0.300 e. The number of carbonyl (C=O) groups is 2. The molecule has 0 heterocycles. The van der Waals surface area contributed by atoms with Gasteiger partial charge in [0.05, 0.1) is 0 Å². The van der Waals surface area contributed by atoms with Gasteiger partial charge in [-0.2, -0.15) is 0 Å². The van der Waals surface area contributed by atoms with E-state index in [1.54, 1.807) is 0 Å². The van der Waals surface area contributed by atoms with Gasteiger partial charge in [0.2, 0.25) is 0 Å². The third-order valence-corrected chi connectivity index (χ3v) is 1.55. The minimum atomic E-state index is -0.833. The summed E-state index contributed by atoms with van der Waals surface area (Å²) in [5.41, 5.74) is 1.83. The number of hydrogen-bond acceptors (Lipinski definition) is 3. The standard InChI is InChI=1S/C9H11NO.C2H4O2/c1-10(2)9-5-3-8(7-11)4-6-9;1-2(3)4/h3-7H,1-2H3;1H3,(H,3,4). The monoisotopic (exact) mass is 209 g/mol. The molecule has 0 aliphatic rings. The van der Waals surface area contributed by atoms with E-state index in [0.29, 0.717) is 0 Å². The van der Waals surface area contributed by atoms with Gasteiger partial charge in [-0.1, -0.05) is 0 Å². The van der Waals surface area contributed by atoms with Crippen molar-refractivity contribution in [3.05, 3.63) is 29.8 Å². The zero-order valence-electron chi connectivity index (χ0n) is 9.10. The first-order chi connectivity index (χ1) is 6.97. The molecule has 0 radical (unpaired) electrons. The van der Waals surface area contributed by atoms with Crippen molar-refractivity contribution in [3.63, 3.8) is 0 Å². The van der Waals surface area contributed by atoms with Gasteiger partial charge in [0, 0.05) is 32.3 Å². The van der Waals surface area contributed by atoms with E-state index < -0.39 is 5.97 Å². The van der Waals surface area contributed by atoms with E-state index in [-0.39, 0.29) is 0 Å². The van der Waals surface area contributed by atoms with Gasteiger partial charge >= 0.3 is 0 Å². The summed E-state index contributed by atoms with van der Waals surface area (Å²) in [6.45, 7) is 1.08. The van der Waals surface area contributed by atoms with Crippen LogP contribution in [0.3, 0.4) is 0 Å². The Bertz CT molecular complexity index is 313. The Labute approximate surface area is 89.1 Å². The lowest BCUT2D eigenvalue weighted by molar-refractivity contribution is -0.134. The second kappa shape index (κ2) is 6.59. The Morgan fingerprint density at radius 1 is 1.27 bits per heavy atom. The fourth-order valence-corrected chi connectivity index (χ4v) is 0.851. The van der Waals surface area contributed by atoms with Gasteiger partial charge in [0.15, 0.2) is 0 Å². The lowest BCUT2D eigenvalue weighted by Gasteiger charge is -2.11. The Balaban J connectivity index is 0.000000423. The second-order valence-corrected chi connectivity index (χ2v) is 3.12. The molecule has 0 amide bonds. The molecule has 0 spiro atoms. The van der Waals surface area contributed by atoms with E-state index >= 15 is 0 Å². The minimum absolute atomic E-state index is 0.718. The molecule has 0 aliphatic carbocycles. The van der Waals surface area contributed by atoms with Crippen LogP contribution in [-0.2, 0) is 4.79 Å². The molecule has 1 N–H and O–H groups in total. The Morgan fingerprint density at radius 2 is 1.67 bits per heavy atom. The molecular weight excluding hydrogens is 194 g/mol. The van der Waals surface area contributed by atoms with Crippen LogP contribution in [-0.4, -0.2) is 31.5 Å². The van der Waals surface area contributed by atoms with Crippen LogP contribution in [0.15, 0.2) is 24.3 Å². The number of carboxylic acid groups (broad SMARTS) is 1. The first-order valence-corrected chi connectivity index (χ1v) is 4.39. The molecule has 0 aromatic heterocycles. The van der Waals surface area contributed by atoms with Crippen molar-refractivity contribution in [2.45, 2.75) is 6.92 Å². The van der Waals surface area contributed by atoms with Crippen LogP contribution in [0.5, 0.6) is 0 Å². The Morgan fingerprint density at radius 3 is 1.93 bits per heavy atom. The highest BCUT2D eigenvalue weighted by atomic mass is 16.4. The SMILES string of the molecule is CC(=O)O.CN(C)c1ccc(C=O)cc1. The van der Waals surface area contributed by atoms with Crippen molar-refractivity contribution in [2.75, 3.05) is 19.0 Å². The first-order valence-electron chi connectivity index (χ1n) is 4.39. The van der Waals surface area contributed by atoms with Crippen LogP contribution in [0.4, 0.5) is 5.69 Å². The fourth-order valence-electron chi connectivity index (χ4n) is 0.851. The lowest BCUT2D eigenvalue weighted by atomic mass is 10.2. The smallest absolute Gasteiger partial charge is 0.300 e. The topological polar surface area (TPSA) is 57.6 Å². The van der Waals surface area contributed by atoms with Gasteiger partial charge in [-0.15, -0.1) is 0 Å². The largest absolute Gasteiger partial charge is 0.481 e. The predicted octanol–water partition coefficient (Wildman–Crippen LogP) is 1.66. The van der Waals surface area contributed by atoms with E-state index in [1.165, 1.54) is 0 Å². The molecule has 82 valence electrons. The van der Waals surface area contributed by atoms with E-state index in [2.05, 4.69) is 0 Å². The van der Waals surface area contributed by atoms with Crippen LogP contribution < -0.4 is 4.90 Å². The number of carboxylic acids is 1. The molecule has 4 heteroatoms. The molecule has 0 fully saturated rings. The van der Waals surface area contributed by atoms with E-state index in [9.17, 15) is 4.79 Å². The van der Waals surface area contributed by atoms with Crippen molar-refractivity contribution in [2.24, 2.45) is 0 Å². The van der Waals surface area contributed by atoms with Crippen LogP contribution in [0, 0.1) is 0 Å². The van der Waals surface area contributed by atoms with Gasteiger partial charge < -0.3 is 10.0 Å². The lowest BCUT2D eigenvalue weighted by Crippen LogP contribution is -2.08. The molecule has 0 saturated heterocycles. The molecule has 4 nitrogen and oxygen atoms in total. The van der Waals surface area contributed by atoms with Gasteiger partial charge in [-0.25, -0.2) is 0 Å². The number of rotatable bonds is 2. The Kier molecular flexibility index (Phi) is 5.78. The minimum Gasteiger partial charge on any atom is -0.481 e. The van der Waals surface area contributed by atoms with Crippen molar-refractivity contribution in [3.8, 4) is 0 Å². The molecule has 1 aromatic carbocycles. The van der Waals surface area contributed by atoms with Crippen LogP contribution in [0.25, 0.3) is 0 Å². The number of nitrogens with zero attached hydrogens (tertiary/aromatic N) is 1. The highest BCUT2D eigenvalue weighted by Crippen LogP contribution is 2.10. The summed E-state index contributed by atoms with van der Waals surface area (Å²) in [6.07, 6.45) is 0.847. The average Bonchev–Trinajstić information content (AvgIpc) is 2.17. The average molecular weight is 209 g/mol.